The van der Waals surface area contributed by atoms with Crippen molar-refractivity contribution in [2.24, 2.45) is 5.92 Å². The van der Waals surface area contributed by atoms with Gasteiger partial charge >= 0.3 is 0 Å². The predicted octanol–water partition coefficient (Wildman–Crippen LogP) is -1.89. The number of quaternary nitrogens is 1. The highest BCUT2D eigenvalue weighted by Crippen LogP contribution is 2.18. The highest BCUT2D eigenvalue weighted by molar-refractivity contribution is 4.93. The smallest absolute Gasteiger partial charge is 0.0794 e. The van der Waals surface area contributed by atoms with Crippen LogP contribution in [0.2, 0.25) is 0 Å². The van der Waals surface area contributed by atoms with Crippen LogP contribution in [0, 0.1) is 18.3 Å². The lowest BCUT2D eigenvalue weighted by Gasteiger charge is -2.35. The van der Waals surface area contributed by atoms with E-state index in [9.17, 15) is 0 Å². The van der Waals surface area contributed by atoms with Gasteiger partial charge in [-0.1, -0.05) is 0 Å². The maximum Gasteiger partial charge on any atom is 0.0794 e. The monoisotopic (exact) mass is 265 g/mol. The van der Waals surface area contributed by atoms with E-state index >= 15 is 0 Å². The van der Waals surface area contributed by atoms with E-state index in [1.165, 1.54) is 25.9 Å². The second-order valence-electron chi connectivity index (χ2n) is 3.82. The zero-order valence-electron chi connectivity index (χ0n) is 7.31. The molecule has 0 aromatic carbocycles. The van der Waals surface area contributed by atoms with E-state index in [-0.39, 0.29) is 24.0 Å². The Balaban J connectivity index is 0.000001000. The van der Waals surface area contributed by atoms with Gasteiger partial charge in [-0.2, -0.15) is 0 Å². The Hall–Kier alpha value is 0.250. The molecule has 0 saturated carbocycles. The van der Waals surface area contributed by atoms with Gasteiger partial charge in [-0.15, -0.1) is 12.3 Å². The maximum absolute atomic E-state index is 5.33. The second-order valence-corrected chi connectivity index (χ2v) is 3.82. The summed E-state index contributed by atoms with van der Waals surface area (Å²) in [6, 6.07) is 0. The van der Waals surface area contributed by atoms with Crippen LogP contribution in [0.5, 0.6) is 0 Å². The number of nitrogens with zero attached hydrogens (tertiary/aromatic N) is 1. The molecule has 0 spiro atoms. The van der Waals surface area contributed by atoms with E-state index in [0.717, 1.165) is 4.48 Å². The normalized spacial score (nSPS) is 23.4. The third kappa shape index (κ3) is 3.44. The molecule has 0 radical (unpaired) electrons. The molecule has 2 heteroatoms. The molecule has 0 aromatic heterocycles. The molecule has 1 nitrogen and oxygen atoms in total. The Morgan fingerprint density at radius 1 is 1.27 bits per heavy atom. The van der Waals surface area contributed by atoms with E-state index in [2.05, 4.69) is 20.0 Å². The van der Waals surface area contributed by atoms with E-state index in [1.54, 1.807) is 0 Å². The molecular formula is C9H16IN. The molecule has 0 N–H and O–H groups in total. The molecule has 1 saturated heterocycles. The topological polar surface area (TPSA) is 0 Å². The fourth-order valence-electron chi connectivity index (χ4n) is 1.43. The van der Waals surface area contributed by atoms with Crippen LogP contribution in [0.3, 0.4) is 0 Å². The number of rotatable bonds is 0. The lowest BCUT2D eigenvalue weighted by Crippen LogP contribution is -3.00. The van der Waals surface area contributed by atoms with Crippen molar-refractivity contribution in [2.75, 3.05) is 27.2 Å². The van der Waals surface area contributed by atoms with Crippen LogP contribution in [-0.2, 0) is 0 Å². The quantitative estimate of drug-likeness (QED) is 0.273. The van der Waals surface area contributed by atoms with Crippen molar-refractivity contribution in [1.29, 1.82) is 0 Å². The van der Waals surface area contributed by atoms with Crippen molar-refractivity contribution in [3.63, 3.8) is 0 Å². The largest absolute Gasteiger partial charge is 1.00 e. The van der Waals surface area contributed by atoms with Gasteiger partial charge in [0.15, 0.2) is 0 Å². The summed E-state index contributed by atoms with van der Waals surface area (Å²) in [7, 11) is 4.54. The summed E-state index contributed by atoms with van der Waals surface area (Å²) in [5.74, 6) is 3.39. The number of piperidine rings is 1. The van der Waals surface area contributed by atoms with Crippen molar-refractivity contribution < 1.29 is 28.5 Å². The minimum Gasteiger partial charge on any atom is -1.00 e. The Morgan fingerprint density at radius 2 is 1.73 bits per heavy atom. The van der Waals surface area contributed by atoms with Crippen LogP contribution in [0.4, 0.5) is 0 Å². The van der Waals surface area contributed by atoms with Crippen LogP contribution < -0.4 is 24.0 Å². The first kappa shape index (κ1) is 11.2. The van der Waals surface area contributed by atoms with Crippen LogP contribution >= 0.6 is 0 Å². The Morgan fingerprint density at radius 3 is 2.09 bits per heavy atom. The SMILES string of the molecule is C#CC1CC[N+](C)(C)CC1.[I-]. The lowest BCUT2D eigenvalue weighted by molar-refractivity contribution is -0.895. The Labute approximate surface area is 86.8 Å². The Bertz CT molecular complexity index is 147. The summed E-state index contributed by atoms with van der Waals surface area (Å²) in [6.07, 6.45) is 7.76. The van der Waals surface area contributed by atoms with Gasteiger partial charge in [-0.25, -0.2) is 0 Å². The first-order chi connectivity index (χ1) is 4.64. The maximum atomic E-state index is 5.33. The zero-order chi connectivity index (χ0) is 7.61. The van der Waals surface area contributed by atoms with Gasteiger partial charge in [0, 0.05) is 18.8 Å². The number of terminal acetylenes is 1. The number of halogens is 1. The summed E-state index contributed by atoms with van der Waals surface area (Å²) in [5, 5.41) is 0. The number of hydrogen-bond donors (Lipinski definition) is 0. The first-order valence-electron chi connectivity index (χ1n) is 3.92. The summed E-state index contributed by atoms with van der Waals surface area (Å²) >= 11 is 0. The van der Waals surface area contributed by atoms with E-state index in [4.69, 9.17) is 6.42 Å². The second kappa shape index (κ2) is 4.32. The summed E-state index contributed by atoms with van der Waals surface area (Å²) in [4.78, 5) is 0. The average molecular weight is 265 g/mol. The molecule has 11 heavy (non-hydrogen) atoms. The van der Waals surface area contributed by atoms with Crippen molar-refractivity contribution in [3.05, 3.63) is 0 Å². The van der Waals surface area contributed by atoms with E-state index in [0.29, 0.717) is 5.92 Å². The molecule has 1 rings (SSSR count). The van der Waals surface area contributed by atoms with Crippen molar-refractivity contribution in [1.82, 2.24) is 0 Å². The molecule has 1 fully saturated rings. The summed E-state index contributed by atoms with van der Waals surface area (Å²) in [6.45, 7) is 2.49. The molecular weight excluding hydrogens is 249 g/mol. The molecule has 0 aromatic rings. The molecule has 1 aliphatic heterocycles. The van der Waals surface area contributed by atoms with Crippen LogP contribution in [-0.4, -0.2) is 31.7 Å². The highest BCUT2D eigenvalue weighted by atomic mass is 127. The molecule has 0 amide bonds. The van der Waals surface area contributed by atoms with Gasteiger partial charge in [-0.05, 0) is 0 Å². The molecule has 64 valence electrons. The van der Waals surface area contributed by atoms with Crippen LogP contribution in [0.1, 0.15) is 12.8 Å². The minimum absolute atomic E-state index is 0. The molecule has 0 unspecified atom stereocenters. The van der Waals surface area contributed by atoms with Gasteiger partial charge in [0.25, 0.3) is 0 Å². The van der Waals surface area contributed by atoms with Gasteiger partial charge in [0.2, 0.25) is 0 Å². The fraction of sp³-hybridized carbons (Fsp3) is 0.778. The van der Waals surface area contributed by atoms with Gasteiger partial charge < -0.3 is 28.5 Å². The molecule has 1 heterocycles. The minimum atomic E-state index is 0. The Kier molecular flexibility index (Phi) is 4.42. The predicted molar refractivity (Wildman–Crippen MR) is 43.4 cm³/mol. The van der Waals surface area contributed by atoms with Crippen LogP contribution in [0.15, 0.2) is 0 Å². The fourth-order valence-corrected chi connectivity index (χ4v) is 1.43. The van der Waals surface area contributed by atoms with Gasteiger partial charge in [0.05, 0.1) is 27.2 Å². The first-order valence-corrected chi connectivity index (χ1v) is 3.92. The van der Waals surface area contributed by atoms with Crippen molar-refractivity contribution in [2.45, 2.75) is 12.8 Å². The van der Waals surface area contributed by atoms with Crippen LogP contribution in [0.25, 0.3) is 0 Å². The van der Waals surface area contributed by atoms with Crippen molar-refractivity contribution in [3.8, 4) is 12.3 Å². The zero-order valence-corrected chi connectivity index (χ0v) is 9.47. The summed E-state index contributed by atoms with van der Waals surface area (Å²) in [5.41, 5.74) is 0. The third-order valence-corrected chi connectivity index (χ3v) is 2.40. The average Bonchev–Trinajstić information content (AvgIpc) is 1.88. The van der Waals surface area contributed by atoms with E-state index in [1.807, 2.05) is 0 Å². The number of hydrogen-bond acceptors (Lipinski definition) is 0. The molecule has 1 aliphatic rings. The molecule has 0 atom stereocenters. The van der Waals surface area contributed by atoms with Gasteiger partial charge in [0.1, 0.15) is 0 Å². The number of likely N-dealkylation sites (tertiary alicyclic amines) is 1. The van der Waals surface area contributed by atoms with Crippen molar-refractivity contribution >= 4 is 0 Å². The van der Waals surface area contributed by atoms with Gasteiger partial charge in [-0.3, -0.25) is 0 Å². The molecule has 0 aliphatic carbocycles. The van der Waals surface area contributed by atoms with E-state index < -0.39 is 0 Å². The standard InChI is InChI=1S/C9H16N.HI/c1-4-9-5-7-10(2,3)8-6-9;/h1,9H,5-8H2,2-3H3;1H/q+1;/p-1. The third-order valence-electron chi connectivity index (χ3n) is 2.40. The highest BCUT2D eigenvalue weighted by Gasteiger charge is 2.24. The molecule has 0 bridgehead atoms. The lowest BCUT2D eigenvalue weighted by atomic mass is 9.97. The summed E-state index contributed by atoms with van der Waals surface area (Å²) < 4.78 is 1.15.